The molecule has 0 aliphatic carbocycles. The van der Waals surface area contributed by atoms with Crippen LogP contribution < -0.4 is 5.32 Å². The Balaban J connectivity index is 2.50. The molecule has 0 aromatic carbocycles. The minimum atomic E-state index is -0.958. The monoisotopic (exact) mass is 212 g/mol. The molecule has 2 N–H and O–H groups in total. The lowest BCUT2D eigenvalue weighted by molar-refractivity contribution is -0.131. The van der Waals surface area contributed by atoms with Crippen molar-refractivity contribution in [1.29, 1.82) is 0 Å². The van der Waals surface area contributed by atoms with Crippen molar-refractivity contribution in [1.82, 2.24) is 10.3 Å². The number of hydrogen-bond acceptors (Lipinski definition) is 4. The van der Waals surface area contributed by atoms with Crippen LogP contribution in [0.15, 0.2) is 18.5 Å². The van der Waals surface area contributed by atoms with Gasteiger partial charge in [0.2, 0.25) is 0 Å². The van der Waals surface area contributed by atoms with Gasteiger partial charge in [0.25, 0.3) is 0 Å². The average Bonchev–Trinajstić information content (AvgIpc) is 2.51. The first-order chi connectivity index (χ1) is 6.59. The Hall–Kier alpha value is -1.36. The van der Waals surface area contributed by atoms with Crippen molar-refractivity contribution in [3.63, 3.8) is 0 Å². The quantitative estimate of drug-likeness (QED) is 0.746. The van der Waals surface area contributed by atoms with Crippen LogP contribution in [0, 0.1) is 6.92 Å². The van der Waals surface area contributed by atoms with Crippen LogP contribution in [-0.4, -0.2) is 16.1 Å². The Labute approximate surface area is 86.3 Å². The van der Waals surface area contributed by atoms with Gasteiger partial charge in [-0.05, 0) is 13.8 Å². The number of thiazole rings is 1. The van der Waals surface area contributed by atoms with Gasteiger partial charge >= 0.3 is 5.97 Å². The molecule has 0 radical (unpaired) electrons. The maximum absolute atomic E-state index is 10.2. The minimum Gasteiger partial charge on any atom is -0.478 e. The van der Waals surface area contributed by atoms with E-state index in [0.29, 0.717) is 0 Å². The number of aryl methyl sites for hydroxylation is 1. The first-order valence-electron chi connectivity index (χ1n) is 4.17. The van der Waals surface area contributed by atoms with Gasteiger partial charge in [0, 0.05) is 23.3 Å². The number of nitrogens with one attached hydrogen (secondary N) is 1. The standard InChI is InChI=1S/C9H12N2O2S/c1-6-5-11-9(14-6)7(2)10-4-3-8(12)13/h3-5,7,10H,1-2H3,(H,12,13)/b4-3+. The van der Waals surface area contributed by atoms with E-state index in [1.165, 1.54) is 6.20 Å². The van der Waals surface area contributed by atoms with Gasteiger partial charge in [0.15, 0.2) is 0 Å². The maximum Gasteiger partial charge on any atom is 0.329 e. The second-order valence-electron chi connectivity index (χ2n) is 2.87. The fraction of sp³-hybridized carbons (Fsp3) is 0.333. The van der Waals surface area contributed by atoms with Crippen molar-refractivity contribution < 1.29 is 9.90 Å². The van der Waals surface area contributed by atoms with Gasteiger partial charge in [0.05, 0.1) is 6.04 Å². The van der Waals surface area contributed by atoms with Crippen LogP contribution in [0.4, 0.5) is 0 Å². The van der Waals surface area contributed by atoms with E-state index < -0.39 is 5.97 Å². The molecule has 0 bridgehead atoms. The first kappa shape index (κ1) is 10.7. The molecule has 1 heterocycles. The highest BCUT2D eigenvalue weighted by atomic mass is 32.1. The molecule has 1 unspecified atom stereocenters. The van der Waals surface area contributed by atoms with Crippen molar-refractivity contribution in [2.24, 2.45) is 0 Å². The average molecular weight is 212 g/mol. The highest BCUT2D eigenvalue weighted by Crippen LogP contribution is 2.18. The van der Waals surface area contributed by atoms with E-state index in [9.17, 15) is 4.79 Å². The molecule has 4 nitrogen and oxygen atoms in total. The highest BCUT2D eigenvalue weighted by Gasteiger charge is 2.06. The van der Waals surface area contributed by atoms with Crippen molar-refractivity contribution in [3.8, 4) is 0 Å². The van der Waals surface area contributed by atoms with Crippen molar-refractivity contribution in [2.45, 2.75) is 19.9 Å². The lowest BCUT2D eigenvalue weighted by Crippen LogP contribution is -2.11. The van der Waals surface area contributed by atoms with Gasteiger partial charge < -0.3 is 10.4 Å². The van der Waals surface area contributed by atoms with Gasteiger partial charge in [-0.3, -0.25) is 0 Å². The summed E-state index contributed by atoms with van der Waals surface area (Å²) in [5.74, 6) is -0.958. The number of carboxylic acids is 1. The van der Waals surface area contributed by atoms with Crippen molar-refractivity contribution in [2.75, 3.05) is 0 Å². The molecule has 0 amide bonds. The Kier molecular flexibility index (Phi) is 3.64. The second kappa shape index (κ2) is 4.76. The molecule has 0 saturated carbocycles. The van der Waals surface area contributed by atoms with E-state index in [0.717, 1.165) is 16.0 Å². The number of carbonyl (C=O) groups is 1. The lowest BCUT2D eigenvalue weighted by atomic mass is 10.3. The van der Waals surface area contributed by atoms with Crippen LogP contribution in [0.1, 0.15) is 22.9 Å². The van der Waals surface area contributed by atoms with Gasteiger partial charge in [-0.2, -0.15) is 0 Å². The summed E-state index contributed by atoms with van der Waals surface area (Å²) in [5, 5.41) is 12.2. The van der Waals surface area contributed by atoms with Crippen LogP contribution in [0.5, 0.6) is 0 Å². The van der Waals surface area contributed by atoms with E-state index in [2.05, 4.69) is 10.3 Å². The molecule has 1 rings (SSSR count). The molecule has 76 valence electrons. The molecule has 1 atom stereocenters. The van der Waals surface area contributed by atoms with Gasteiger partial charge in [-0.15, -0.1) is 11.3 Å². The van der Waals surface area contributed by atoms with E-state index in [4.69, 9.17) is 5.11 Å². The number of rotatable bonds is 4. The van der Waals surface area contributed by atoms with Crippen LogP contribution in [-0.2, 0) is 4.79 Å². The van der Waals surface area contributed by atoms with Gasteiger partial charge in [-0.1, -0.05) is 0 Å². The molecule has 0 aliphatic rings. The molecular weight excluding hydrogens is 200 g/mol. The Morgan fingerprint density at radius 3 is 3.00 bits per heavy atom. The molecule has 1 aromatic rings. The van der Waals surface area contributed by atoms with Crippen LogP contribution in [0.25, 0.3) is 0 Å². The second-order valence-corrected chi connectivity index (χ2v) is 4.14. The molecule has 0 saturated heterocycles. The Morgan fingerprint density at radius 1 is 1.79 bits per heavy atom. The van der Waals surface area contributed by atoms with Gasteiger partial charge in [0.1, 0.15) is 5.01 Å². The Bertz CT molecular complexity index is 346. The summed E-state index contributed by atoms with van der Waals surface area (Å²) in [5.41, 5.74) is 0. The molecule has 5 heteroatoms. The molecule has 0 fully saturated rings. The number of nitrogens with zero attached hydrogens (tertiary/aromatic N) is 1. The smallest absolute Gasteiger partial charge is 0.329 e. The van der Waals surface area contributed by atoms with E-state index in [-0.39, 0.29) is 6.04 Å². The zero-order chi connectivity index (χ0) is 10.6. The highest BCUT2D eigenvalue weighted by molar-refractivity contribution is 7.11. The number of hydrogen-bond donors (Lipinski definition) is 2. The van der Waals surface area contributed by atoms with E-state index in [1.54, 1.807) is 17.5 Å². The third-order valence-electron chi connectivity index (χ3n) is 1.58. The summed E-state index contributed by atoms with van der Waals surface area (Å²) >= 11 is 1.60. The molecule has 14 heavy (non-hydrogen) atoms. The Morgan fingerprint density at radius 2 is 2.50 bits per heavy atom. The SMILES string of the molecule is Cc1cnc(C(C)N/C=C/C(=O)O)s1. The zero-order valence-electron chi connectivity index (χ0n) is 8.02. The van der Waals surface area contributed by atoms with Crippen LogP contribution in [0.3, 0.4) is 0 Å². The molecule has 0 spiro atoms. The summed E-state index contributed by atoms with van der Waals surface area (Å²) in [7, 11) is 0. The normalized spacial score (nSPS) is 13.0. The molecule has 1 aromatic heterocycles. The molecular formula is C9H12N2O2S. The molecule has 0 aliphatic heterocycles. The third kappa shape index (κ3) is 3.18. The van der Waals surface area contributed by atoms with Crippen molar-refractivity contribution in [3.05, 3.63) is 28.4 Å². The minimum absolute atomic E-state index is 0.0456. The maximum atomic E-state index is 10.2. The fourth-order valence-corrected chi connectivity index (χ4v) is 1.69. The number of aromatic nitrogens is 1. The zero-order valence-corrected chi connectivity index (χ0v) is 8.84. The number of carboxylic acid groups (broad SMARTS) is 1. The predicted octanol–water partition coefficient (Wildman–Crippen LogP) is 1.70. The number of aliphatic carboxylic acids is 1. The summed E-state index contributed by atoms with van der Waals surface area (Å²) in [4.78, 5) is 15.5. The third-order valence-corrected chi connectivity index (χ3v) is 2.68. The van der Waals surface area contributed by atoms with Crippen LogP contribution >= 0.6 is 11.3 Å². The van der Waals surface area contributed by atoms with Crippen molar-refractivity contribution >= 4 is 17.3 Å². The van der Waals surface area contributed by atoms with E-state index in [1.807, 2.05) is 13.8 Å². The van der Waals surface area contributed by atoms with Crippen LogP contribution in [0.2, 0.25) is 0 Å². The predicted molar refractivity (Wildman–Crippen MR) is 55.2 cm³/mol. The summed E-state index contributed by atoms with van der Waals surface area (Å²) in [6.07, 6.45) is 4.29. The fourth-order valence-electron chi connectivity index (χ4n) is 0.907. The topological polar surface area (TPSA) is 62.2 Å². The summed E-state index contributed by atoms with van der Waals surface area (Å²) in [6.45, 7) is 3.92. The van der Waals surface area contributed by atoms with Gasteiger partial charge in [-0.25, -0.2) is 9.78 Å². The summed E-state index contributed by atoms with van der Waals surface area (Å²) < 4.78 is 0. The van der Waals surface area contributed by atoms with E-state index >= 15 is 0 Å². The summed E-state index contributed by atoms with van der Waals surface area (Å²) in [6, 6.07) is 0.0456. The first-order valence-corrected chi connectivity index (χ1v) is 4.99. The lowest BCUT2D eigenvalue weighted by Gasteiger charge is -2.06. The largest absolute Gasteiger partial charge is 0.478 e.